The Hall–Kier alpha value is -2.00. The highest BCUT2D eigenvalue weighted by Gasteiger charge is 2.03. The zero-order valence-electron chi connectivity index (χ0n) is 11.9. The standard InChI is InChI=1S/C17H18ClNO2/c1-13-3-2-4-14(11-13)12-17(20)19-9-10-21-16-7-5-15(18)6-8-16/h2-8,11H,9-10,12H2,1H3,(H,19,20). The van der Waals surface area contributed by atoms with Crippen molar-refractivity contribution in [2.75, 3.05) is 13.2 Å². The largest absolute Gasteiger partial charge is 0.492 e. The second-order valence-electron chi connectivity index (χ2n) is 4.82. The van der Waals surface area contributed by atoms with Gasteiger partial charge in [-0.3, -0.25) is 4.79 Å². The monoisotopic (exact) mass is 303 g/mol. The van der Waals surface area contributed by atoms with Crippen LogP contribution in [0.1, 0.15) is 11.1 Å². The van der Waals surface area contributed by atoms with Crippen molar-refractivity contribution in [3.63, 3.8) is 0 Å². The Labute approximate surface area is 129 Å². The SMILES string of the molecule is Cc1cccc(CC(=O)NCCOc2ccc(Cl)cc2)c1. The van der Waals surface area contributed by atoms with Crippen LogP contribution in [0.5, 0.6) is 5.75 Å². The Balaban J connectivity index is 1.68. The number of hydrogen-bond acceptors (Lipinski definition) is 2. The molecule has 0 aliphatic heterocycles. The minimum atomic E-state index is 0.000283. The van der Waals surface area contributed by atoms with Gasteiger partial charge >= 0.3 is 0 Å². The van der Waals surface area contributed by atoms with Gasteiger partial charge in [0.05, 0.1) is 13.0 Å². The molecule has 0 spiro atoms. The number of aryl methyl sites for hydroxylation is 1. The minimum Gasteiger partial charge on any atom is -0.492 e. The normalized spacial score (nSPS) is 10.2. The fourth-order valence-electron chi connectivity index (χ4n) is 1.96. The molecule has 21 heavy (non-hydrogen) atoms. The molecule has 1 amide bonds. The third kappa shape index (κ3) is 5.48. The van der Waals surface area contributed by atoms with Crippen LogP contribution >= 0.6 is 11.6 Å². The first kappa shape index (κ1) is 15.4. The zero-order valence-corrected chi connectivity index (χ0v) is 12.7. The van der Waals surface area contributed by atoms with Crippen LogP contribution < -0.4 is 10.1 Å². The van der Waals surface area contributed by atoms with Crippen molar-refractivity contribution >= 4 is 17.5 Å². The molecular weight excluding hydrogens is 286 g/mol. The second kappa shape index (κ2) is 7.70. The number of amides is 1. The molecule has 0 heterocycles. The summed E-state index contributed by atoms with van der Waals surface area (Å²) in [6.07, 6.45) is 0.391. The highest BCUT2D eigenvalue weighted by atomic mass is 35.5. The van der Waals surface area contributed by atoms with Crippen LogP contribution in [0.15, 0.2) is 48.5 Å². The van der Waals surface area contributed by atoms with Crippen molar-refractivity contribution in [3.8, 4) is 5.75 Å². The molecule has 3 nitrogen and oxygen atoms in total. The molecule has 2 rings (SSSR count). The van der Waals surface area contributed by atoms with Crippen LogP contribution in [-0.2, 0) is 11.2 Å². The Morgan fingerprint density at radius 1 is 1.19 bits per heavy atom. The van der Waals surface area contributed by atoms with Gasteiger partial charge in [0.1, 0.15) is 12.4 Å². The van der Waals surface area contributed by atoms with Gasteiger partial charge in [-0.25, -0.2) is 0 Å². The summed E-state index contributed by atoms with van der Waals surface area (Å²) >= 11 is 5.79. The molecule has 0 aromatic heterocycles. The Bertz CT molecular complexity index is 596. The van der Waals surface area contributed by atoms with E-state index in [1.54, 1.807) is 24.3 Å². The molecule has 0 radical (unpaired) electrons. The fourth-order valence-corrected chi connectivity index (χ4v) is 2.09. The van der Waals surface area contributed by atoms with Crippen LogP contribution in [0.4, 0.5) is 0 Å². The zero-order chi connectivity index (χ0) is 15.1. The minimum absolute atomic E-state index is 0.000283. The Morgan fingerprint density at radius 3 is 2.67 bits per heavy atom. The molecule has 0 fully saturated rings. The first-order valence-corrected chi connectivity index (χ1v) is 7.22. The lowest BCUT2D eigenvalue weighted by Gasteiger charge is -2.08. The first-order valence-electron chi connectivity index (χ1n) is 6.84. The molecule has 4 heteroatoms. The predicted octanol–water partition coefficient (Wildman–Crippen LogP) is 3.39. The molecule has 1 N–H and O–H groups in total. The number of benzene rings is 2. The highest BCUT2D eigenvalue weighted by molar-refractivity contribution is 6.30. The van der Waals surface area contributed by atoms with E-state index in [-0.39, 0.29) is 5.91 Å². The summed E-state index contributed by atoms with van der Waals surface area (Å²) in [6.45, 7) is 2.93. The predicted molar refractivity (Wildman–Crippen MR) is 84.8 cm³/mol. The number of rotatable bonds is 6. The number of halogens is 1. The topological polar surface area (TPSA) is 38.3 Å². The third-order valence-electron chi connectivity index (χ3n) is 2.95. The van der Waals surface area contributed by atoms with E-state index in [1.165, 1.54) is 0 Å². The van der Waals surface area contributed by atoms with Crippen LogP contribution in [-0.4, -0.2) is 19.1 Å². The van der Waals surface area contributed by atoms with E-state index in [0.29, 0.717) is 24.6 Å². The Morgan fingerprint density at radius 2 is 1.95 bits per heavy atom. The molecule has 0 saturated carbocycles. The maximum atomic E-state index is 11.8. The van der Waals surface area contributed by atoms with Gasteiger partial charge in [-0.2, -0.15) is 0 Å². The lowest BCUT2D eigenvalue weighted by atomic mass is 10.1. The van der Waals surface area contributed by atoms with Gasteiger partial charge in [0, 0.05) is 5.02 Å². The van der Waals surface area contributed by atoms with Crippen molar-refractivity contribution in [1.82, 2.24) is 5.32 Å². The summed E-state index contributed by atoms with van der Waals surface area (Å²) in [4.78, 5) is 11.8. The van der Waals surface area contributed by atoms with Gasteiger partial charge < -0.3 is 10.1 Å². The van der Waals surface area contributed by atoms with Crippen molar-refractivity contribution in [1.29, 1.82) is 0 Å². The summed E-state index contributed by atoms with van der Waals surface area (Å²) in [7, 11) is 0. The summed E-state index contributed by atoms with van der Waals surface area (Å²) in [5, 5.41) is 3.52. The van der Waals surface area contributed by atoms with Gasteiger partial charge in [0.2, 0.25) is 5.91 Å². The third-order valence-corrected chi connectivity index (χ3v) is 3.21. The molecule has 0 aliphatic carbocycles. The molecule has 0 aliphatic rings. The molecule has 0 bridgehead atoms. The highest BCUT2D eigenvalue weighted by Crippen LogP contribution is 2.15. The molecular formula is C17H18ClNO2. The summed E-state index contributed by atoms with van der Waals surface area (Å²) in [5.74, 6) is 0.743. The number of ether oxygens (including phenoxy) is 1. The smallest absolute Gasteiger partial charge is 0.224 e. The lowest BCUT2D eigenvalue weighted by molar-refractivity contribution is -0.120. The van der Waals surface area contributed by atoms with E-state index in [2.05, 4.69) is 5.32 Å². The van der Waals surface area contributed by atoms with Gasteiger partial charge in [0.15, 0.2) is 0 Å². The van der Waals surface area contributed by atoms with Crippen molar-refractivity contribution < 1.29 is 9.53 Å². The van der Waals surface area contributed by atoms with Crippen LogP contribution in [0.25, 0.3) is 0 Å². The maximum absolute atomic E-state index is 11.8. The Kier molecular flexibility index (Phi) is 5.64. The van der Waals surface area contributed by atoms with Gasteiger partial charge in [-0.1, -0.05) is 41.4 Å². The van der Waals surface area contributed by atoms with Gasteiger partial charge in [-0.15, -0.1) is 0 Å². The maximum Gasteiger partial charge on any atom is 0.224 e. The van der Waals surface area contributed by atoms with Crippen LogP contribution in [0, 0.1) is 6.92 Å². The van der Waals surface area contributed by atoms with Crippen molar-refractivity contribution in [2.24, 2.45) is 0 Å². The average molecular weight is 304 g/mol. The second-order valence-corrected chi connectivity index (χ2v) is 5.25. The van der Waals surface area contributed by atoms with Gasteiger partial charge in [-0.05, 0) is 36.8 Å². The number of nitrogens with one attached hydrogen (secondary N) is 1. The van der Waals surface area contributed by atoms with Crippen molar-refractivity contribution in [3.05, 3.63) is 64.7 Å². The summed E-state index contributed by atoms with van der Waals surface area (Å²) in [5.41, 5.74) is 2.18. The quantitative estimate of drug-likeness (QED) is 0.831. The summed E-state index contributed by atoms with van der Waals surface area (Å²) < 4.78 is 5.51. The van der Waals surface area contributed by atoms with E-state index in [0.717, 1.165) is 16.9 Å². The summed E-state index contributed by atoms with van der Waals surface area (Å²) in [6, 6.07) is 15.1. The molecule has 2 aromatic carbocycles. The van der Waals surface area contributed by atoms with E-state index in [9.17, 15) is 4.79 Å². The molecule has 110 valence electrons. The molecule has 0 atom stereocenters. The lowest BCUT2D eigenvalue weighted by Crippen LogP contribution is -2.29. The molecule has 2 aromatic rings. The van der Waals surface area contributed by atoms with Crippen LogP contribution in [0.3, 0.4) is 0 Å². The number of hydrogen-bond donors (Lipinski definition) is 1. The first-order chi connectivity index (χ1) is 10.1. The van der Waals surface area contributed by atoms with E-state index < -0.39 is 0 Å². The van der Waals surface area contributed by atoms with Crippen molar-refractivity contribution in [2.45, 2.75) is 13.3 Å². The number of carbonyl (C=O) groups is 1. The van der Waals surface area contributed by atoms with Gasteiger partial charge in [0.25, 0.3) is 0 Å². The molecule has 0 saturated heterocycles. The molecule has 0 unspecified atom stereocenters. The average Bonchev–Trinajstić information content (AvgIpc) is 2.45. The van der Waals surface area contributed by atoms with Crippen LogP contribution in [0.2, 0.25) is 5.02 Å². The van der Waals surface area contributed by atoms with E-state index in [4.69, 9.17) is 16.3 Å². The fraction of sp³-hybridized carbons (Fsp3) is 0.235. The number of carbonyl (C=O) groups excluding carboxylic acids is 1. The van der Waals surface area contributed by atoms with E-state index >= 15 is 0 Å². The van der Waals surface area contributed by atoms with E-state index in [1.807, 2.05) is 31.2 Å².